The van der Waals surface area contributed by atoms with Gasteiger partial charge in [0.15, 0.2) is 11.5 Å². The van der Waals surface area contributed by atoms with Crippen molar-refractivity contribution in [3.63, 3.8) is 0 Å². The van der Waals surface area contributed by atoms with E-state index in [2.05, 4.69) is 23.5 Å². The van der Waals surface area contributed by atoms with Crippen molar-refractivity contribution in [1.29, 1.82) is 0 Å². The van der Waals surface area contributed by atoms with Gasteiger partial charge in [0.25, 0.3) is 0 Å². The number of anilines is 1. The molecule has 1 aliphatic heterocycles. The van der Waals surface area contributed by atoms with Crippen LogP contribution < -0.4 is 19.5 Å². The minimum absolute atomic E-state index is 0.259. The SMILES string of the molecule is Clc1ccc(COc2ccc3ccccc3c2CNc2ccc3c(c2)OCO3)cc1Cl. The second-order valence-electron chi connectivity index (χ2n) is 7.22. The molecule has 0 saturated carbocycles. The standard InChI is InChI=1S/C25H19Cl2NO3/c26-21-8-5-16(11-22(21)27)14-29-23-9-6-17-3-1-2-4-19(17)20(23)13-28-18-7-10-24-25(12-18)31-15-30-24/h1-12,28H,13-15H2. The summed E-state index contributed by atoms with van der Waals surface area (Å²) < 4.78 is 17.1. The van der Waals surface area contributed by atoms with Crippen molar-refractivity contribution in [2.24, 2.45) is 0 Å². The molecule has 0 aliphatic carbocycles. The van der Waals surface area contributed by atoms with Gasteiger partial charge in [-0.2, -0.15) is 0 Å². The van der Waals surface area contributed by atoms with Gasteiger partial charge in [0.05, 0.1) is 10.0 Å². The fraction of sp³-hybridized carbons (Fsp3) is 0.120. The van der Waals surface area contributed by atoms with Crippen molar-refractivity contribution in [1.82, 2.24) is 0 Å². The van der Waals surface area contributed by atoms with Gasteiger partial charge in [-0.3, -0.25) is 0 Å². The Bertz CT molecular complexity index is 1260. The molecule has 31 heavy (non-hydrogen) atoms. The summed E-state index contributed by atoms with van der Waals surface area (Å²) in [6, 6.07) is 23.7. The summed E-state index contributed by atoms with van der Waals surface area (Å²) in [6.07, 6.45) is 0. The second kappa shape index (κ2) is 8.58. The van der Waals surface area contributed by atoms with Gasteiger partial charge in [-0.05, 0) is 46.7 Å². The first-order chi connectivity index (χ1) is 15.2. The Balaban J connectivity index is 1.41. The van der Waals surface area contributed by atoms with Crippen molar-refractivity contribution >= 4 is 39.7 Å². The summed E-state index contributed by atoms with van der Waals surface area (Å²) in [5, 5.41) is 6.84. The van der Waals surface area contributed by atoms with Crippen LogP contribution in [-0.4, -0.2) is 6.79 Å². The van der Waals surface area contributed by atoms with Crippen LogP contribution in [-0.2, 0) is 13.2 Å². The molecule has 156 valence electrons. The number of rotatable bonds is 6. The monoisotopic (exact) mass is 451 g/mol. The minimum Gasteiger partial charge on any atom is -0.489 e. The largest absolute Gasteiger partial charge is 0.489 e. The van der Waals surface area contributed by atoms with Crippen LogP contribution >= 0.6 is 23.2 Å². The molecule has 4 aromatic rings. The molecule has 6 heteroatoms. The Morgan fingerprint density at radius 3 is 2.61 bits per heavy atom. The molecule has 1 heterocycles. The van der Waals surface area contributed by atoms with E-state index in [0.717, 1.165) is 44.8 Å². The van der Waals surface area contributed by atoms with E-state index in [0.29, 0.717) is 23.2 Å². The zero-order valence-electron chi connectivity index (χ0n) is 16.5. The van der Waals surface area contributed by atoms with Crippen LogP contribution in [0.3, 0.4) is 0 Å². The molecule has 1 aliphatic rings. The lowest BCUT2D eigenvalue weighted by atomic mass is 10.0. The highest BCUT2D eigenvalue weighted by molar-refractivity contribution is 6.42. The lowest BCUT2D eigenvalue weighted by Gasteiger charge is -2.16. The van der Waals surface area contributed by atoms with Crippen LogP contribution in [0.4, 0.5) is 5.69 Å². The maximum atomic E-state index is 6.20. The molecule has 0 bridgehead atoms. The predicted octanol–water partition coefficient (Wildman–Crippen LogP) is 7.07. The van der Waals surface area contributed by atoms with Crippen LogP contribution in [0.15, 0.2) is 72.8 Å². The first kappa shape index (κ1) is 19.9. The molecule has 0 amide bonds. The van der Waals surface area contributed by atoms with Crippen LogP contribution in [0.1, 0.15) is 11.1 Å². The third-order valence-electron chi connectivity index (χ3n) is 5.22. The van der Waals surface area contributed by atoms with Crippen LogP contribution in [0.2, 0.25) is 10.0 Å². The Kier molecular flexibility index (Phi) is 5.49. The van der Waals surface area contributed by atoms with Crippen LogP contribution in [0.25, 0.3) is 10.8 Å². The van der Waals surface area contributed by atoms with E-state index in [4.69, 9.17) is 37.4 Å². The third kappa shape index (κ3) is 4.22. The number of benzene rings is 4. The smallest absolute Gasteiger partial charge is 0.231 e. The summed E-state index contributed by atoms with van der Waals surface area (Å²) in [5.74, 6) is 2.33. The Morgan fingerprint density at radius 2 is 1.71 bits per heavy atom. The van der Waals surface area contributed by atoms with Crippen molar-refractivity contribution in [3.8, 4) is 17.2 Å². The maximum absolute atomic E-state index is 6.20. The highest BCUT2D eigenvalue weighted by atomic mass is 35.5. The molecule has 1 N–H and O–H groups in total. The van der Waals surface area contributed by atoms with Gasteiger partial charge in [-0.25, -0.2) is 0 Å². The highest BCUT2D eigenvalue weighted by Gasteiger charge is 2.14. The fourth-order valence-electron chi connectivity index (χ4n) is 3.62. The molecule has 5 rings (SSSR count). The summed E-state index contributed by atoms with van der Waals surface area (Å²) in [6.45, 7) is 1.25. The van der Waals surface area contributed by atoms with E-state index < -0.39 is 0 Å². The van der Waals surface area contributed by atoms with Gasteiger partial charge in [-0.15, -0.1) is 0 Å². The van der Waals surface area contributed by atoms with E-state index in [1.165, 1.54) is 0 Å². The van der Waals surface area contributed by atoms with E-state index in [-0.39, 0.29) is 6.79 Å². The van der Waals surface area contributed by atoms with E-state index in [1.807, 2.05) is 48.5 Å². The summed E-state index contributed by atoms with van der Waals surface area (Å²) in [5.41, 5.74) is 2.99. The molecule has 0 atom stereocenters. The maximum Gasteiger partial charge on any atom is 0.231 e. The third-order valence-corrected chi connectivity index (χ3v) is 5.96. The zero-order valence-corrected chi connectivity index (χ0v) is 18.0. The number of hydrogen-bond acceptors (Lipinski definition) is 4. The quantitative estimate of drug-likeness (QED) is 0.340. The molecule has 0 unspecified atom stereocenters. The Labute approximate surface area is 190 Å². The molecule has 0 saturated heterocycles. The summed E-state index contributed by atoms with van der Waals surface area (Å²) in [4.78, 5) is 0. The van der Waals surface area contributed by atoms with Crippen LogP contribution in [0.5, 0.6) is 17.2 Å². The molecule has 4 aromatic carbocycles. The summed E-state index contributed by atoms with van der Waals surface area (Å²) >= 11 is 12.2. The predicted molar refractivity (Wildman–Crippen MR) is 125 cm³/mol. The average molecular weight is 452 g/mol. The van der Waals surface area contributed by atoms with Crippen molar-refractivity contribution in [2.75, 3.05) is 12.1 Å². The van der Waals surface area contributed by atoms with Gasteiger partial charge >= 0.3 is 0 Å². The Hall–Kier alpha value is -3.08. The molecule has 0 aromatic heterocycles. The molecule has 0 spiro atoms. The summed E-state index contributed by atoms with van der Waals surface area (Å²) in [7, 11) is 0. The molecule has 4 nitrogen and oxygen atoms in total. The number of nitrogens with one attached hydrogen (secondary N) is 1. The van der Waals surface area contributed by atoms with Gasteiger partial charge < -0.3 is 19.5 Å². The van der Waals surface area contributed by atoms with Gasteiger partial charge in [0, 0.05) is 23.9 Å². The number of hydrogen-bond donors (Lipinski definition) is 1. The zero-order chi connectivity index (χ0) is 21.2. The van der Waals surface area contributed by atoms with Gasteiger partial charge in [-0.1, -0.05) is 59.6 Å². The molecular weight excluding hydrogens is 433 g/mol. The van der Waals surface area contributed by atoms with Crippen molar-refractivity contribution < 1.29 is 14.2 Å². The van der Waals surface area contributed by atoms with Crippen molar-refractivity contribution in [3.05, 3.63) is 94.0 Å². The lowest BCUT2D eigenvalue weighted by molar-refractivity contribution is 0.174. The first-order valence-electron chi connectivity index (χ1n) is 9.88. The van der Waals surface area contributed by atoms with Gasteiger partial charge in [0.1, 0.15) is 12.4 Å². The molecular formula is C25H19Cl2NO3. The van der Waals surface area contributed by atoms with Crippen molar-refractivity contribution in [2.45, 2.75) is 13.2 Å². The lowest BCUT2D eigenvalue weighted by Crippen LogP contribution is -2.05. The number of fused-ring (bicyclic) bond motifs is 2. The first-order valence-corrected chi connectivity index (χ1v) is 10.6. The molecule has 0 fully saturated rings. The highest BCUT2D eigenvalue weighted by Crippen LogP contribution is 2.35. The van der Waals surface area contributed by atoms with E-state index >= 15 is 0 Å². The Morgan fingerprint density at radius 1 is 0.839 bits per heavy atom. The van der Waals surface area contributed by atoms with E-state index in [1.54, 1.807) is 6.07 Å². The fourth-order valence-corrected chi connectivity index (χ4v) is 3.94. The average Bonchev–Trinajstić information content (AvgIpc) is 3.26. The van der Waals surface area contributed by atoms with Crippen LogP contribution in [0, 0.1) is 0 Å². The second-order valence-corrected chi connectivity index (χ2v) is 8.04. The number of halogens is 2. The number of ether oxygens (including phenoxy) is 3. The molecule has 0 radical (unpaired) electrons. The normalized spacial score (nSPS) is 12.2. The topological polar surface area (TPSA) is 39.7 Å². The van der Waals surface area contributed by atoms with Gasteiger partial charge in [0.2, 0.25) is 6.79 Å². The minimum atomic E-state index is 0.259. The van der Waals surface area contributed by atoms with E-state index in [9.17, 15) is 0 Å².